The monoisotopic (exact) mass is 388 g/mol. The Hall–Kier alpha value is -1.95. The molecule has 3 rings (SSSR count). The fourth-order valence-corrected chi connectivity index (χ4v) is 4.96. The van der Waals surface area contributed by atoms with E-state index in [1.54, 1.807) is 0 Å². The lowest BCUT2D eigenvalue weighted by Gasteiger charge is -2.42. The molecule has 8 nitrogen and oxygen atoms in total. The molecule has 2 fully saturated rings. The van der Waals surface area contributed by atoms with Crippen LogP contribution in [0.15, 0.2) is 11.1 Å². The third kappa shape index (κ3) is 4.22. The molecule has 154 valence electrons. The van der Waals surface area contributed by atoms with Crippen LogP contribution < -0.4 is 26.6 Å². The molecular formula is C20H32N6O2. The van der Waals surface area contributed by atoms with Gasteiger partial charge in [0.25, 0.3) is 0 Å². The van der Waals surface area contributed by atoms with E-state index in [9.17, 15) is 9.59 Å². The summed E-state index contributed by atoms with van der Waals surface area (Å²) in [5, 5.41) is 25.0. The number of nitriles is 1. The summed E-state index contributed by atoms with van der Waals surface area (Å²) in [4.78, 5) is 25.3. The Kier molecular flexibility index (Phi) is 6.38. The first-order chi connectivity index (χ1) is 13.3. The molecular weight excluding hydrogens is 356 g/mol. The number of piperidine rings is 1. The van der Waals surface area contributed by atoms with Crippen molar-refractivity contribution < 1.29 is 9.59 Å². The number of carbonyl (C=O) groups excluding carboxylic acids is 2. The zero-order valence-corrected chi connectivity index (χ0v) is 17.1. The molecule has 3 aliphatic heterocycles. The summed E-state index contributed by atoms with van der Waals surface area (Å²) in [6.45, 7) is 9.68. The Labute approximate surface area is 166 Å². The van der Waals surface area contributed by atoms with Crippen LogP contribution in [-0.4, -0.2) is 55.2 Å². The Bertz CT molecular complexity index is 699. The first-order valence-corrected chi connectivity index (χ1v) is 10.2. The van der Waals surface area contributed by atoms with Crippen molar-refractivity contribution >= 4 is 11.8 Å². The minimum absolute atomic E-state index is 0.0716. The van der Waals surface area contributed by atoms with Crippen LogP contribution in [0.4, 0.5) is 0 Å². The van der Waals surface area contributed by atoms with E-state index in [0.29, 0.717) is 12.1 Å². The highest BCUT2D eigenvalue weighted by Gasteiger charge is 2.39. The second-order valence-corrected chi connectivity index (χ2v) is 8.42. The zero-order chi connectivity index (χ0) is 20.4. The summed E-state index contributed by atoms with van der Waals surface area (Å²) >= 11 is 0. The van der Waals surface area contributed by atoms with Gasteiger partial charge in [-0.15, -0.1) is 0 Å². The topological polar surface area (TPSA) is 118 Å². The lowest BCUT2D eigenvalue weighted by Crippen LogP contribution is -2.61. The molecule has 0 bridgehead atoms. The molecule has 6 unspecified atom stereocenters. The third-order valence-corrected chi connectivity index (χ3v) is 6.59. The van der Waals surface area contributed by atoms with E-state index >= 15 is 0 Å². The van der Waals surface area contributed by atoms with E-state index in [4.69, 9.17) is 5.26 Å². The van der Waals surface area contributed by atoms with Crippen molar-refractivity contribution in [2.45, 2.75) is 70.9 Å². The number of hydrogen-bond donors (Lipinski definition) is 5. The number of nitrogens with one attached hydrogen (secondary N) is 5. The fourth-order valence-electron chi connectivity index (χ4n) is 4.96. The van der Waals surface area contributed by atoms with E-state index in [2.05, 4.69) is 39.6 Å². The van der Waals surface area contributed by atoms with Gasteiger partial charge in [-0.25, -0.2) is 0 Å². The third-order valence-electron chi connectivity index (χ3n) is 6.59. The lowest BCUT2D eigenvalue weighted by molar-refractivity contribution is -0.125. The molecule has 0 spiro atoms. The fraction of sp³-hybridized carbons (Fsp3) is 0.750. The van der Waals surface area contributed by atoms with Crippen molar-refractivity contribution in [3.05, 3.63) is 11.1 Å². The number of nitrogens with zero attached hydrogens (tertiary/aromatic N) is 1. The van der Waals surface area contributed by atoms with Crippen LogP contribution in [-0.2, 0) is 9.59 Å². The van der Waals surface area contributed by atoms with Crippen molar-refractivity contribution in [1.29, 1.82) is 5.26 Å². The van der Waals surface area contributed by atoms with Crippen molar-refractivity contribution in [3.8, 4) is 6.07 Å². The summed E-state index contributed by atoms with van der Waals surface area (Å²) in [5.74, 6) is 0.153. The van der Waals surface area contributed by atoms with Crippen LogP contribution in [0.1, 0.15) is 40.5 Å². The lowest BCUT2D eigenvalue weighted by atomic mass is 9.76. The smallest absolute Gasteiger partial charge is 0.247 e. The molecule has 0 aromatic heterocycles. The number of fused-ring (bicyclic) bond motifs is 1. The standard InChI is InChI=1S/C20H32N6O2/c1-10-14(20(28)26-16-5-6-22-13(4)19(10)16)7-18(27)25-12(3)15-9-23-17(8-21)24-11(15)2/h11-13,15-17,19,22-24H,5-7,9H2,1-4H3,(H,25,27)(H,26,28)/t11?,12-,13?,15?,16?,17?,19?/m1/s1. The highest BCUT2D eigenvalue weighted by molar-refractivity contribution is 6.00. The molecule has 0 saturated carbocycles. The molecule has 0 radical (unpaired) electrons. The van der Waals surface area contributed by atoms with Crippen molar-refractivity contribution in [2.24, 2.45) is 11.8 Å². The summed E-state index contributed by atoms with van der Waals surface area (Å²) in [7, 11) is 0. The number of hydrogen-bond acceptors (Lipinski definition) is 6. The van der Waals surface area contributed by atoms with E-state index in [0.717, 1.165) is 18.5 Å². The Morgan fingerprint density at radius 3 is 2.75 bits per heavy atom. The van der Waals surface area contributed by atoms with Gasteiger partial charge in [-0.3, -0.25) is 20.2 Å². The minimum atomic E-state index is -0.355. The molecule has 5 N–H and O–H groups in total. The molecule has 7 atom stereocenters. The SMILES string of the molecule is CC1=C(CC(=O)N[C@H](C)C2CNC(C#N)NC2C)C(=O)NC2CCNC(C)C12. The summed E-state index contributed by atoms with van der Waals surface area (Å²) in [6, 6.07) is 2.63. The van der Waals surface area contributed by atoms with Gasteiger partial charge in [-0.2, -0.15) is 5.26 Å². The summed E-state index contributed by atoms with van der Waals surface area (Å²) in [6.07, 6.45) is 0.658. The first kappa shape index (κ1) is 20.8. The van der Waals surface area contributed by atoms with Crippen LogP contribution in [0.25, 0.3) is 0 Å². The highest BCUT2D eigenvalue weighted by atomic mass is 16.2. The minimum Gasteiger partial charge on any atom is -0.353 e. The quantitative estimate of drug-likeness (QED) is 0.453. The second kappa shape index (κ2) is 8.60. The second-order valence-electron chi connectivity index (χ2n) is 8.42. The molecule has 3 heterocycles. The largest absolute Gasteiger partial charge is 0.353 e. The van der Waals surface area contributed by atoms with Crippen molar-refractivity contribution in [2.75, 3.05) is 13.1 Å². The Balaban J connectivity index is 1.63. The van der Waals surface area contributed by atoms with Crippen molar-refractivity contribution in [3.63, 3.8) is 0 Å². The van der Waals surface area contributed by atoms with Gasteiger partial charge in [0, 0.05) is 48.1 Å². The first-order valence-electron chi connectivity index (χ1n) is 10.2. The predicted molar refractivity (Wildman–Crippen MR) is 106 cm³/mol. The van der Waals surface area contributed by atoms with Crippen LogP contribution >= 0.6 is 0 Å². The molecule has 2 saturated heterocycles. The molecule has 0 aromatic carbocycles. The maximum Gasteiger partial charge on any atom is 0.247 e. The predicted octanol–water partition coefficient (Wildman–Crippen LogP) is -0.259. The van der Waals surface area contributed by atoms with Crippen LogP contribution in [0, 0.1) is 23.2 Å². The van der Waals surface area contributed by atoms with Gasteiger partial charge in [-0.05, 0) is 40.7 Å². The molecule has 28 heavy (non-hydrogen) atoms. The van der Waals surface area contributed by atoms with Gasteiger partial charge in [0.1, 0.15) is 6.17 Å². The highest BCUT2D eigenvalue weighted by Crippen LogP contribution is 2.32. The number of carbonyl (C=O) groups is 2. The molecule has 3 aliphatic rings. The zero-order valence-electron chi connectivity index (χ0n) is 17.1. The van der Waals surface area contributed by atoms with Crippen molar-refractivity contribution in [1.82, 2.24) is 26.6 Å². The Morgan fingerprint density at radius 2 is 2.07 bits per heavy atom. The average Bonchev–Trinajstić information content (AvgIpc) is 2.64. The van der Waals surface area contributed by atoms with E-state index < -0.39 is 0 Å². The van der Waals surface area contributed by atoms with Gasteiger partial charge < -0.3 is 16.0 Å². The van der Waals surface area contributed by atoms with Gasteiger partial charge in [0.2, 0.25) is 11.8 Å². The van der Waals surface area contributed by atoms with E-state index in [-0.39, 0.29) is 60.4 Å². The van der Waals surface area contributed by atoms with Gasteiger partial charge >= 0.3 is 0 Å². The number of amides is 2. The van der Waals surface area contributed by atoms with Crippen LogP contribution in [0.3, 0.4) is 0 Å². The van der Waals surface area contributed by atoms with E-state index in [1.807, 2.05) is 20.8 Å². The summed E-state index contributed by atoms with van der Waals surface area (Å²) < 4.78 is 0. The molecule has 8 heteroatoms. The molecule has 0 aromatic rings. The maximum atomic E-state index is 12.7. The maximum absolute atomic E-state index is 12.7. The summed E-state index contributed by atoms with van der Waals surface area (Å²) in [5.41, 5.74) is 1.63. The van der Waals surface area contributed by atoms with E-state index in [1.165, 1.54) is 0 Å². The number of rotatable bonds is 4. The van der Waals surface area contributed by atoms with Gasteiger partial charge in [-0.1, -0.05) is 5.57 Å². The van der Waals surface area contributed by atoms with Gasteiger partial charge in [0.15, 0.2) is 0 Å². The molecule has 2 amide bonds. The van der Waals surface area contributed by atoms with Crippen LogP contribution in [0.2, 0.25) is 0 Å². The van der Waals surface area contributed by atoms with Gasteiger partial charge in [0.05, 0.1) is 12.5 Å². The Morgan fingerprint density at radius 1 is 1.32 bits per heavy atom. The average molecular weight is 389 g/mol. The normalized spacial score (nSPS) is 36.8. The van der Waals surface area contributed by atoms with Crippen LogP contribution in [0.5, 0.6) is 0 Å². The molecule has 0 aliphatic carbocycles.